The van der Waals surface area contributed by atoms with E-state index in [1.807, 2.05) is 13.8 Å². The van der Waals surface area contributed by atoms with E-state index in [1.165, 1.54) is 5.01 Å². The van der Waals surface area contributed by atoms with Gasteiger partial charge in [-0.3, -0.25) is 24.8 Å². The molecule has 2 aromatic carbocycles. The minimum Gasteiger partial charge on any atom is -0.494 e. The Morgan fingerprint density at radius 1 is 1.12 bits per heavy atom. The molecule has 0 bridgehead atoms. The van der Waals surface area contributed by atoms with Gasteiger partial charge in [0.15, 0.2) is 0 Å². The van der Waals surface area contributed by atoms with Crippen LogP contribution in [0.4, 0.5) is 5.69 Å². The average molecular weight is 476 g/mol. The number of carboxylic acids is 1. The van der Waals surface area contributed by atoms with Crippen LogP contribution < -0.4 is 15.5 Å². The Balaban J connectivity index is 1.86. The smallest absolute Gasteiger partial charge is 0.303 e. The number of carbonyl (C=O) groups is 3. The lowest BCUT2D eigenvalue weighted by molar-refractivity contribution is -0.140. The Labute approximate surface area is 198 Å². The van der Waals surface area contributed by atoms with Crippen LogP contribution in [0.5, 0.6) is 5.75 Å². The third kappa shape index (κ3) is 10.3. The van der Waals surface area contributed by atoms with E-state index in [2.05, 4.69) is 10.7 Å². The molecule has 0 aliphatic heterocycles. The monoisotopic (exact) mass is 475 g/mol. The Hall–Kier alpha value is -3.26. The van der Waals surface area contributed by atoms with E-state index in [-0.39, 0.29) is 37.1 Å². The molecule has 33 heavy (non-hydrogen) atoms. The molecular formula is C24H30ClN3O5. The molecule has 0 unspecified atom stereocenters. The van der Waals surface area contributed by atoms with Crippen molar-refractivity contribution in [1.29, 1.82) is 0 Å². The van der Waals surface area contributed by atoms with Crippen molar-refractivity contribution in [3.8, 4) is 5.75 Å². The second-order valence-electron chi connectivity index (χ2n) is 7.96. The Bertz CT molecular complexity index is 934. The molecule has 0 aromatic heterocycles. The molecule has 9 heteroatoms. The molecule has 2 amide bonds. The van der Waals surface area contributed by atoms with Gasteiger partial charge in [0.25, 0.3) is 5.91 Å². The predicted molar refractivity (Wildman–Crippen MR) is 127 cm³/mol. The number of halogens is 1. The molecule has 0 heterocycles. The van der Waals surface area contributed by atoms with Crippen LogP contribution in [0.1, 0.15) is 32.3 Å². The second-order valence-corrected chi connectivity index (χ2v) is 8.40. The molecule has 0 fully saturated rings. The van der Waals surface area contributed by atoms with Gasteiger partial charge in [0, 0.05) is 23.7 Å². The summed E-state index contributed by atoms with van der Waals surface area (Å²) in [6.45, 7) is 4.63. The quantitative estimate of drug-likeness (QED) is 0.318. The first-order valence-corrected chi connectivity index (χ1v) is 11.1. The molecule has 0 aliphatic carbocycles. The van der Waals surface area contributed by atoms with Crippen molar-refractivity contribution in [2.45, 2.75) is 33.1 Å². The highest BCUT2D eigenvalue weighted by molar-refractivity contribution is 6.30. The average Bonchev–Trinajstić information content (AvgIpc) is 2.75. The topological polar surface area (TPSA) is 108 Å². The third-order valence-corrected chi connectivity index (χ3v) is 4.70. The van der Waals surface area contributed by atoms with Crippen molar-refractivity contribution in [2.75, 3.05) is 25.0 Å². The highest BCUT2D eigenvalue weighted by atomic mass is 35.5. The van der Waals surface area contributed by atoms with Crippen LogP contribution in [0.25, 0.3) is 0 Å². The van der Waals surface area contributed by atoms with Gasteiger partial charge in [0.2, 0.25) is 5.91 Å². The minimum absolute atomic E-state index is 0.00296. The maximum atomic E-state index is 12.7. The van der Waals surface area contributed by atoms with E-state index in [0.29, 0.717) is 30.3 Å². The summed E-state index contributed by atoms with van der Waals surface area (Å²) in [6.07, 6.45) is 0.604. The number of aliphatic carboxylic acids is 1. The van der Waals surface area contributed by atoms with Gasteiger partial charge in [0.05, 0.1) is 19.6 Å². The predicted octanol–water partition coefficient (Wildman–Crippen LogP) is 3.75. The summed E-state index contributed by atoms with van der Waals surface area (Å²) < 4.78 is 5.50. The lowest BCUT2D eigenvalue weighted by Crippen LogP contribution is -2.50. The minimum atomic E-state index is -0.852. The van der Waals surface area contributed by atoms with Gasteiger partial charge in [-0.1, -0.05) is 37.6 Å². The Kier molecular flexibility index (Phi) is 10.5. The number of carbonyl (C=O) groups excluding carboxylic acids is 2. The van der Waals surface area contributed by atoms with E-state index >= 15 is 0 Å². The maximum Gasteiger partial charge on any atom is 0.303 e. The van der Waals surface area contributed by atoms with Gasteiger partial charge < -0.3 is 15.2 Å². The fourth-order valence-corrected chi connectivity index (χ4v) is 3.17. The standard InChI is InChI=1S/C24H30ClN3O5/c1-17(2)16-28(27-22(29)14-18-5-3-6-19(25)13-18)23(30)15-26-20-8-10-21(11-9-20)33-12-4-7-24(31)32/h3,5-6,8-11,13,17,26H,4,7,12,14-16H2,1-2H3,(H,27,29)(H,31,32). The normalized spacial score (nSPS) is 10.5. The molecule has 2 aromatic rings. The molecule has 0 atom stereocenters. The zero-order valence-corrected chi connectivity index (χ0v) is 19.6. The number of nitrogens with zero attached hydrogens (tertiary/aromatic N) is 1. The van der Waals surface area contributed by atoms with Crippen LogP contribution in [-0.2, 0) is 20.8 Å². The fourth-order valence-electron chi connectivity index (χ4n) is 2.95. The van der Waals surface area contributed by atoms with E-state index < -0.39 is 5.97 Å². The summed E-state index contributed by atoms with van der Waals surface area (Å²) in [5, 5.41) is 13.6. The SMILES string of the molecule is CC(C)CN(NC(=O)Cc1cccc(Cl)c1)C(=O)CNc1ccc(OCCCC(=O)O)cc1. The van der Waals surface area contributed by atoms with Gasteiger partial charge in [-0.05, 0) is 54.3 Å². The third-order valence-electron chi connectivity index (χ3n) is 4.46. The first kappa shape index (κ1) is 26.0. The van der Waals surface area contributed by atoms with Crippen LogP contribution in [0, 0.1) is 5.92 Å². The van der Waals surface area contributed by atoms with E-state index in [1.54, 1.807) is 48.5 Å². The first-order valence-electron chi connectivity index (χ1n) is 10.8. The van der Waals surface area contributed by atoms with Crippen molar-refractivity contribution in [2.24, 2.45) is 5.92 Å². The zero-order valence-electron chi connectivity index (χ0n) is 18.8. The number of rotatable bonds is 12. The van der Waals surface area contributed by atoms with E-state index in [0.717, 1.165) is 11.3 Å². The van der Waals surface area contributed by atoms with Crippen molar-refractivity contribution < 1.29 is 24.2 Å². The van der Waals surface area contributed by atoms with Gasteiger partial charge >= 0.3 is 5.97 Å². The van der Waals surface area contributed by atoms with Crippen LogP contribution >= 0.6 is 11.6 Å². The van der Waals surface area contributed by atoms with Crippen LogP contribution in [0.3, 0.4) is 0 Å². The molecule has 0 radical (unpaired) electrons. The van der Waals surface area contributed by atoms with Crippen molar-refractivity contribution >= 4 is 35.1 Å². The van der Waals surface area contributed by atoms with Gasteiger partial charge in [-0.15, -0.1) is 0 Å². The number of benzene rings is 2. The summed E-state index contributed by atoms with van der Waals surface area (Å²) >= 11 is 5.97. The Morgan fingerprint density at radius 3 is 2.48 bits per heavy atom. The number of hydrazine groups is 1. The molecule has 0 saturated carbocycles. The Morgan fingerprint density at radius 2 is 1.85 bits per heavy atom. The lowest BCUT2D eigenvalue weighted by Gasteiger charge is -2.25. The number of hydrogen-bond acceptors (Lipinski definition) is 5. The second kappa shape index (κ2) is 13.3. The van der Waals surface area contributed by atoms with Gasteiger partial charge in [-0.2, -0.15) is 0 Å². The highest BCUT2D eigenvalue weighted by Crippen LogP contribution is 2.16. The summed E-state index contributed by atoms with van der Waals surface area (Å²) in [4.78, 5) is 35.7. The number of nitrogens with one attached hydrogen (secondary N) is 2. The van der Waals surface area contributed by atoms with Crippen LogP contribution in [0.2, 0.25) is 5.02 Å². The highest BCUT2D eigenvalue weighted by Gasteiger charge is 2.18. The summed E-state index contributed by atoms with van der Waals surface area (Å²) in [5.41, 5.74) is 4.18. The van der Waals surface area contributed by atoms with Crippen LogP contribution in [-0.4, -0.2) is 47.6 Å². The first-order chi connectivity index (χ1) is 15.7. The molecule has 0 saturated heterocycles. The van der Waals surface area contributed by atoms with Crippen molar-refractivity contribution in [3.63, 3.8) is 0 Å². The number of hydrogen-bond donors (Lipinski definition) is 3. The summed E-state index contributed by atoms with van der Waals surface area (Å²) in [7, 11) is 0. The lowest BCUT2D eigenvalue weighted by atomic mass is 10.1. The zero-order chi connectivity index (χ0) is 24.2. The molecule has 0 aliphatic rings. The fraction of sp³-hybridized carbons (Fsp3) is 0.375. The van der Waals surface area contributed by atoms with Gasteiger partial charge in [0.1, 0.15) is 5.75 Å². The summed E-state index contributed by atoms with van der Waals surface area (Å²) in [5.74, 6) is -0.632. The summed E-state index contributed by atoms with van der Waals surface area (Å²) in [6, 6.07) is 14.1. The van der Waals surface area contributed by atoms with Gasteiger partial charge in [-0.25, -0.2) is 0 Å². The molecule has 3 N–H and O–H groups in total. The number of ether oxygens (including phenoxy) is 1. The molecule has 0 spiro atoms. The maximum absolute atomic E-state index is 12.7. The van der Waals surface area contributed by atoms with E-state index in [9.17, 15) is 14.4 Å². The number of carboxylic acid groups (broad SMARTS) is 1. The molecule has 2 rings (SSSR count). The largest absolute Gasteiger partial charge is 0.494 e. The molecular weight excluding hydrogens is 446 g/mol. The van der Waals surface area contributed by atoms with E-state index in [4.69, 9.17) is 21.4 Å². The van der Waals surface area contributed by atoms with Crippen molar-refractivity contribution in [3.05, 3.63) is 59.1 Å². The van der Waals surface area contributed by atoms with Crippen LogP contribution in [0.15, 0.2) is 48.5 Å². The number of amides is 2. The molecule has 8 nitrogen and oxygen atoms in total. The molecule has 178 valence electrons. The van der Waals surface area contributed by atoms with Crippen molar-refractivity contribution in [1.82, 2.24) is 10.4 Å². The number of anilines is 1.